The maximum atomic E-state index is 12.6. The molecule has 0 spiro atoms. The van der Waals surface area contributed by atoms with Crippen molar-refractivity contribution in [2.75, 3.05) is 19.8 Å². The molecule has 0 aromatic heterocycles. The van der Waals surface area contributed by atoms with Crippen LogP contribution in [-0.4, -0.2) is 31.7 Å². The fraction of sp³-hybridized carbons (Fsp3) is 0.611. The molecule has 23 heavy (non-hydrogen) atoms. The standard InChI is InChI=1S/C18H26N2O3/c19-12-15(13-5-2-1-3-6-13)20-18(21)14-7-8-16-17(11-14)23-10-4-9-22-16/h7-8,11,13,15H,1-6,9-10,12,19H2,(H,20,21). The normalized spacial score (nSPS) is 19.7. The van der Waals surface area contributed by atoms with E-state index in [1.165, 1.54) is 19.3 Å². The van der Waals surface area contributed by atoms with Crippen molar-refractivity contribution in [1.29, 1.82) is 0 Å². The zero-order chi connectivity index (χ0) is 16.1. The molecule has 1 saturated carbocycles. The predicted molar refractivity (Wildman–Crippen MR) is 88.9 cm³/mol. The van der Waals surface area contributed by atoms with Gasteiger partial charge in [0.15, 0.2) is 11.5 Å². The Morgan fingerprint density at radius 3 is 2.61 bits per heavy atom. The maximum absolute atomic E-state index is 12.6. The van der Waals surface area contributed by atoms with Gasteiger partial charge in [-0.15, -0.1) is 0 Å². The van der Waals surface area contributed by atoms with Crippen LogP contribution in [0.5, 0.6) is 11.5 Å². The maximum Gasteiger partial charge on any atom is 0.251 e. The Balaban J connectivity index is 1.68. The predicted octanol–water partition coefficient (Wildman–Crippen LogP) is 2.49. The van der Waals surface area contributed by atoms with Crippen LogP contribution in [0.4, 0.5) is 0 Å². The lowest BCUT2D eigenvalue weighted by atomic mass is 9.84. The first kappa shape index (κ1) is 16.1. The SMILES string of the molecule is NCC(NC(=O)c1ccc2c(c1)OCCCO2)C1CCCCC1. The van der Waals surface area contributed by atoms with E-state index in [2.05, 4.69) is 5.32 Å². The highest BCUT2D eigenvalue weighted by molar-refractivity contribution is 5.95. The number of nitrogens with two attached hydrogens (primary N) is 1. The van der Waals surface area contributed by atoms with Gasteiger partial charge in [0.2, 0.25) is 0 Å². The van der Waals surface area contributed by atoms with Gasteiger partial charge in [0, 0.05) is 24.6 Å². The lowest BCUT2D eigenvalue weighted by molar-refractivity contribution is 0.0915. The van der Waals surface area contributed by atoms with E-state index >= 15 is 0 Å². The van der Waals surface area contributed by atoms with E-state index in [0.29, 0.717) is 42.7 Å². The number of ether oxygens (including phenoxy) is 2. The zero-order valence-electron chi connectivity index (χ0n) is 13.6. The van der Waals surface area contributed by atoms with Crippen molar-refractivity contribution in [3.63, 3.8) is 0 Å². The molecule has 1 aliphatic carbocycles. The van der Waals surface area contributed by atoms with Crippen molar-refractivity contribution in [3.8, 4) is 11.5 Å². The molecule has 1 aromatic carbocycles. The number of rotatable bonds is 4. The van der Waals surface area contributed by atoms with E-state index in [0.717, 1.165) is 19.3 Å². The molecule has 1 amide bonds. The lowest BCUT2D eigenvalue weighted by Gasteiger charge is -2.30. The van der Waals surface area contributed by atoms with Crippen LogP contribution in [0.2, 0.25) is 0 Å². The van der Waals surface area contributed by atoms with Gasteiger partial charge in [0.05, 0.1) is 13.2 Å². The molecular weight excluding hydrogens is 292 g/mol. The number of carbonyl (C=O) groups excluding carboxylic acids is 1. The van der Waals surface area contributed by atoms with Gasteiger partial charge in [-0.2, -0.15) is 0 Å². The second-order valence-corrected chi connectivity index (χ2v) is 6.43. The summed E-state index contributed by atoms with van der Waals surface area (Å²) in [6, 6.07) is 5.42. The summed E-state index contributed by atoms with van der Waals surface area (Å²) < 4.78 is 11.3. The van der Waals surface area contributed by atoms with E-state index in [-0.39, 0.29) is 11.9 Å². The second kappa shape index (κ2) is 7.68. The lowest BCUT2D eigenvalue weighted by Crippen LogP contribution is -2.45. The first-order valence-corrected chi connectivity index (χ1v) is 8.68. The van der Waals surface area contributed by atoms with Crippen molar-refractivity contribution in [2.24, 2.45) is 11.7 Å². The average Bonchev–Trinajstić information content (AvgIpc) is 2.84. The molecule has 126 valence electrons. The van der Waals surface area contributed by atoms with E-state index in [9.17, 15) is 4.79 Å². The highest BCUT2D eigenvalue weighted by atomic mass is 16.5. The molecule has 1 unspecified atom stereocenters. The highest BCUT2D eigenvalue weighted by Gasteiger charge is 2.24. The second-order valence-electron chi connectivity index (χ2n) is 6.43. The summed E-state index contributed by atoms with van der Waals surface area (Å²) in [5.41, 5.74) is 6.50. The Morgan fingerprint density at radius 2 is 1.87 bits per heavy atom. The monoisotopic (exact) mass is 318 g/mol. The fourth-order valence-electron chi connectivity index (χ4n) is 3.46. The van der Waals surface area contributed by atoms with Crippen LogP contribution in [0.3, 0.4) is 0 Å². The van der Waals surface area contributed by atoms with Crippen LogP contribution >= 0.6 is 0 Å². The molecule has 1 aromatic rings. The van der Waals surface area contributed by atoms with Gasteiger partial charge in [-0.1, -0.05) is 19.3 Å². The molecule has 0 saturated heterocycles. The molecule has 1 atom stereocenters. The van der Waals surface area contributed by atoms with Gasteiger partial charge in [-0.25, -0.2) is 0 Å². The summed E-state index contributed by atoms with van der Waals surface area (Å²) in [7, 11) is 0. The molecule has 0 bridgehead atoms. The summed E-state index contributed by atoms with van der Waals surface area (Å²) in [6.45, 7) is 1.75. The van der Waals surface area contributed by atoms with Crippen LogP contribution in [-0.2, 0) is 0 Å². The number of hydrogen-bond acceptors (Lipinski definition) is 4. The van der Waals surface area contributed by atoms with Gasteiger partial charge in [0.1, 0.15) is 0 Å². The van der Waals surface area contributed by atoms with Gasteiger partial charge in [-0.3, -0.25) is 4.79 Å². The molecule has 3 rings (SSSR count). The Hall–Kier alpha value is -1.75. The minimum atomic E-state index is -0.0818. The van der Waals surface area contributed by atoms with E-state index in [1.807, 2.05) is 6.07 Å². The molecule has 1 heterocycles. The molecule has 3 N–H and O–H groups in total. The van der Waals surface area contributed by atoms with Crippen molar-refractivity contribution in [1.82, 2.24) is 5.32 Å². The topological polar surface area (TPSA) is 73.6 Å². The van der Waals surface area contributed by atoms with E-state index in [4.69, 9.17) is 15.2 Å². The summed E-state index contributed by atoms with van der Waals surface area (Å²) in [6.07, 6.45) is 6.94. The van der Waals surface area contributed by atoms with Gasteiger partial charge < -0.3 is 20.5 Å². The van der Waals surface area contributed by atoms with E-state index in [1.54, 1.807) is 12.1 Å². The summed E-state index contributed by atoms with van der Waals surface area (Å²) >= 11 is 0. The highest BCUT2D eigenvalue weighted by Crippen LogP contribution is 2.31. The first-order valence-electron chi connectivity index (χ1n) is 8.68. The van der Waals surface area contributed by atoms with Crippen LogP contribution in [0.15, 0.2) is 18.2 Å². The number of nitrogens with one attached hydrogen (secondary N) is 1. The number of hydrogen-bond donors (Lipinski definition) is 2. The first-order chi connectivity index (χ1) is 11.3. The number of carbonyl (C=O) groups is 1. The van der Waals surface area contributed by atoms with Crippen LogP contribution in [0, 0.1) is 5.92 Å². The fourth-order valence-corrected chi connectivity index (χ4v) is 3.46. The molecule has 1 fully saturated rings. The third kappa shape index (κ3) is 3.96. The Kier molecular flexibility index (Phi) is 5.39. The number of amides is 1. The Morgan fingerprint density at radius 1 is 1.13 bits per heavy atom. The summed E-state index contributed by atoms with van der Waals surface area (Å²) in [5.74, 6) is 1.78. The quantitative estimate of drug-likeness (QED) is 0.894. The molecule has 5 heteroatoms. The minimum absolute atomic E-state index is 0.0544. The largest absolute Gasteiger partial charge is 0.490 e. The number of fused-ring (bicyclic) bond motifs is 1. The van der Waals surface area contributed by atoms with Crippen molar-refractivity contribution in [2.45, 2.75) is 44.6 Å². The Labute approximate surface area is 137 Å². The van der Waals surface area contributed by atoms with Crippen LogP contribution in [0.25, 0.3) is 0 Å². The van der Waals surface area contributed by atoms with Gasteiger partial charge in [0.25, 0.3) is 5.91 Å². The zero-order valence-corrected chi connectivity index (χ0v) is 13.6. The van der Waals surface area contributed by atoms with Crippen LogP contribution < -0.4 is 20.5 Å². The Bertz CT molecular complexity index is 541. The van der Waals surface area contributed by atoms with Crippen molar-refractivity contribution < 1.29 is 14.3 Å². The minimum Gasteiger partial charge on any atom is -0.490 e. The smallest absolute Gasteiger partial charge is 0.251 e. The van der Waals surface area contributed by atoms with Gasteiger partial charge in [-0.05, 0) is 37.0 Å². The van der Waals surface area contributed by atoms with E-state index < -0.39 is 0 Å². The molecule has 2 aliphatic rings. The number of benzene rings is 1. The molecule has 1 aliphatic heterocycles. The molecular formula is C18H26N2O3. The summed E-state index contributed by atoms with van der Waals surface area (Å²) in [5, 5.41) is 3.11. The van der Waals surface area contributed by atoms with Crippen molar-refractivity contribution in [3.05, 3.63) is 23.8 Å². The molecule has 5 nitrogen and oxygen atoms in total. The van der Waals surface area contributed by atoms with Crippen molar-refractivity contribution >= 4 is 5.91 Å². The van der Waals surface area contributed by atoms with Crippen LogP contribution in [0.1, 0.15) is 48.9 Å². The molecule has 0 radical (unpaired) electrons. The third-order valence-electron chi connectivity index (χ3n) is 4.80. The summed E-state index contributed by atoms with van der Waals surface area (Å²) in [4.78, 5) is 12.6. The average molecular weight is 318 g/mol. The van der Waals surface area contributed by atoms with Gasteiger partial charge >= 0.3 is 0 Å². The third-order valence-corrected chi connectivity index (χ3v) is 4.80.